The van der Waals surface area contributed by atoms with Gasteiger partial charge in [-0.15, -0.1) is 0 Å². The van der Waals surface area contributed by atoms with Crippen LogP contribution in [0.15, 0.2) is 54.1 Å². The summed E-state index contributed by atoms with van der Waals surface area (Å²) >= 11 is 0. The van der Waals surface area contributed by atoms with Gasteiger partial charge in [0.05, 0.1) is 0 Å². The number of halogens is 2. The van der Waals surface area contributed by atoms with Crippen LogP contribution >= 0.6 is 0 Å². The lowest BCUT2D eigenvalue weighted by Crippen LogP contribution is -2.48. The Labute approximate surface area is 168 Å². The van der Waals surface area contributed by atoms with Crippen LogP contribution in [0.5, 0.6) is 0 Å². The van der Waals surface area contributed by atoms with E-state index in [0.29, 0.717) is 12.5 Å². The van der Waals surface area contributed by atoms with Gasteiger partial charge in [-0.1, -0.05) is 12.5 Å². The van der Waals surface area contributed by atoms with Gasteiger partial charge in [0.1, 0.15) is 25.5 Å². The van der Waals surface area contributed by atoms with Gasteiger partial charge in [-0.05, 0) is 55.0 Å². The van der Waals surface area contributed by atoms with Crippen LogP contribution < -0.4 is 0 Å². The average molecular weight is 423 g/mol. The molecule has 0 saturated heterocycles. The van der Waals surface area contributed by atoms with E-state index < -0.39 is 25.5 Å². The highest BCUT2D eigenvalue weighted by Gasteiger charge is 2.31. The third-order valence-corrected chi connectivity index (χ3v) is 8.35. The van der Waals surface area contributed by atoms with Gasteiger partial charge in [0.2, 0.25) is 0 Å². The van der Waals surface area contributed by atoms with Gasteiger partial charge < -0.3 is 20.4 Å². The number of Topliss-reactive ketones (excluding diaryl/α,β-unsaturated/α-hetero) is 1. The third-order valence-electron chi connectivity index (χ3n) is 4.92. The minimum atomic E-state index is -2.68. The Bertz CT molecular complexity index is 838. The van der Waals surface area contributed by atoms with Crippen molar-refractivity contribution in [2.75, 3.05) is 18.7 Å². The second-order valence-corrected chi connectivity index (χ2v) is 11.4. The normalized spacial score (nSPS) is 12.6. The van der Waals surface area contributed by atoms with Gasteiger partial charge in [-0.25, -0.2) is 8.78 Å². The highest BCUT2D eigenvalue weighted by molar-refractivity contribution is 6.79. The fourth-order valence-electron chi connectivity index (χ4n) is 2.92. The standard InChI is InChI=1S/C21H24F2O5Si/c22-17-7-3-15(4-8-17)20(27)19(2-1-11-29(12-24,13-25)14-26)21(28)16-5-9-18(23)10-6-16/h3-10,24-27H,1-2,11-14H2/b20-19-. The summed E-state index contributed by atoms with van der Waals surface area (Å²) in [6.07, 6.45) is -0.450. The predicted octanol–water partition coefficient (Wildman–Crippen LogP) is 2.94. The molecule has 8 heteroatoms. The van der Waals surface area contributed by atoms with Crippen molar-refractivity contribution in [1.29, 1.82) is 0 Å². The van der Waals surface area contributed by atoms with Gasteiger partial charge in [0.15, 0.2) is 5.78 Å². The lowest BCUT2D eigenvalue weighted by atomic mass is 9.96. The highest BCUT2D eigenvalue weighted by Crippen LogP contribution is 2.26. The molecule has 0 atom stereocenters. The summed E-state index contributed by atoms with van der Waals surface area (Å²) in [4.78, 5) is 13.0. The Morgan fingerprint density at radius 1 is 0.793 bits per heavy atom. The first-order chi connectivity index (χ1) is 13.9. The van der Waals surface area contributed by atoms with E-state index in [9.17, 15) is 34.0 Å². The maximum absolute atomic E-state index is 13.2. The molecular formula is C21H24F2O5Si. The smallest absolute Gasteiger partial charge is 0.192 e. The molecule has 2 rings (SSSR count). The molecule has 0 bridgehead atoms. The molecule has 0 aromatic heterocycles. The minimum absolute atomic E-state index is 0.0555. The van der Waals surface area contributed by atoms with E-state index in [1.165, 1.54) is 24.3 Å². The Morgan fingerprint density at radius 3 is 1.69 bits per heavy atom. The zero-order valence-corrected chi connectivity index (χ0v) is 16.8. The topological polar surface area (TPSA) is 98.0 Å². The van der Waals surface area contributed by atoms with Crippen molar-refractivity contribution in [2.45, 2.75) is 18.9 Å². The van der Waals surface area contributed by atoms with Gasteiger partial charge in [0.25, 0.3) is 0 Å². The maximum Gasteiger partial charge on any atom is 0.192 e. The number of carbonyl (C=O) groups excluding carboxylic acids is 1. The Balaban J connectivity index is 2.34. The molecule has 0 aliphatic rings. The number of benzene rings is 2. The van der Waals surface area contributed by atoms with Crippen LogP contribution in [-0.2, 0) is 0 Å². The van der Waals surface area contributed by atoms with E-state index in [-0.39, 0.29) is 47.6 Å². The number of aliphatic hydroxyl groups excluding tert-OH is 4. The first kappa shape index (κ1) is 22.9. The lowest BCUT2D eigenvalue weighted by molar-refractivity contribution is 0.102. The molecule has 0 saturated carbocycles. The van der Waals surface area contributed by atoms with Crippen LogP contribution in [-0.4, -0.2) is 53.0 Å². The number of carbonyl (C=O) groups is 1. The molecule has 0 aliphatic carbocycles. The first-order valence-corrected chi connectivity index (χ1v) is 12.0. The molecular weight excluding hydrogens is 398 g/mol. The van der Waals surface area contributed by atoms with Crippen molar-refractivity contribution in [3.05, 3.63) is 76.9 Å². The number of hydrogen-bond donors (Lipinski definition) is 4. The van der Waals surface area contributed by atoms with E-state index in [2.05, 4.69) is 0 Å². The van der Waals surface area contributed by atoms with Crippen LogP contribution in [0, 0.1) is 11.6 Å². The van der Waals surface area contributed by atoms with Crippen molar-refractivity contribution in [3.63, 3.8) is 0 Å². The Kier molecular flexibility index (Phi) is 8.21. The molecule has 0 unspecified atom stereocenters. The number of allylic oxidation sites excluding steroid dienone is 1. The van der Waals surface area contributed by atoms with Crippen LogP contribution in [0.25, 0.3) is 5.76 Å². The molecule has 2 aromatic carbocycles. The Morgan fingerprint density at radius 2 is 1.24 bits per heavy atom. The van der Waals surface area contributed by atoms with Gasteiger partial charge >= 0.3 is 0 Å². The van der Waals surface area contributed by atoms with Crippen molar-refractivity contribution < 1.29 is 34.0 Å². The fraction of sp³-hybridized carbons (Fsp3) is 0.286. The summed E-state index contributed by atoms with van der Waals surface area (Å²) in [5.74, 6) is -1.81. The van der Waals surface area contributed by atoms with E-state index in [4.69, 9.17) is 0 Å². The van der Waals surface area contributed by atoms with E-state index in [1.807, 2.05) is 0 Å². The summed E-state index contributed by atoms with van der Waals surface area (Å²) in [5.41, 5.74) is 0.497. The van der Waals surface area contributed by atoms with Crippen molar-refractivity contribution >= 4 is 19.6 Å². The molecule has 4 N–H and O–H groups in total. The van der Waals surface area contributed by atoms with Crippen molar-refractivity contribution in [3.8, 4) is 0 Å². The summed E-state index contributed by atoms with van der Waals surface area (Å²) < 4.78 is 26.4. The van der Waals surface area contributed by atoms with Gasteiger partial charge in [0, 0.05) is 35.4 Å². The predicted molar refractivity (Wildman–Crippen MR) is 108 cm³/mol. The zero-order valence-electron chi connectivity index (χ0n) is 15.8. The fourth-order valence-corrected chi connectivity index (χ4v) is 4.63. The molecule has 0 radical (unpaired) electrons. The summed E-state index contributed by atoms with van der Waals surface area (Å²) in [6, 6.07) is 10.2. The average Bonchev–Trinajstić information content (AvgIpc) is 2.75. The number of hydrogen-bond acceptors (Lipinski definition) is 5. The molecule has 0 fully saturated rings. The van der Waals surface area contributed by atoms with E-state index in [1.54, 1.807) is 0 Å². The van der Waals surface area contributed by atoms with Gasteiger partial charge in [-0.3, -0.25) is 4.79 Å². The molecule has 0 heterocycles. The zero-order chi connectivity index (χ0) is 21.4. The SMILES string of the molecule is O=C(/C(CCC[Si](CO)(CO)CO)=C(\O)c1ccc(F)cc1)c1ccc(F)cc1. The summed E-state index contributed by atoms with van der Waals surface area (Å²) in [6.45, 7) is 0. The molecule has 0 aliphatic heterocycles. The van der Waals surface area contributed by atoms with Crippen LogP contribution in [0.3, 0.4) is 0 Å². The van der Waals surface area contributed by atoms with Crippen LogP contribution in [0.2, 0.25) is 6.04 Å². The highest BCUT2D eigenvalue weighted by atomic mass is 28.3. The number of rotatable bonds is 10. The largest absolute Gasteiger partial charge is 0.507 e. The quantitative estimate of drug-likeness (QED) is 0.204. The second-order valence-electron chi connectivity index (χ2n) is 7.00. The molecule has 2 aromatic rings. The molecule has 29 heavy (non-hydrogen) atoms. The summed E-state index contributed by atoms with van der Waals surface area (Å²) in [7, 11) is -2.68. The second kappa shape index (κ2) is 10.4. The van der Waals surface area contributed by atoms with E-state index in [0.717, 1.165) is 24.3 Å². The maximum atomic E-state index is 13.2. The van der Waals surface area contributed by atoms with Crippen LogP contribution in [0.1, 0.15) is 28.8 Å². The molecule has 0 amide bonds. The molecule has 5 nitrogen and oxygen atoms in total. The third kappa shape index (κ3) is 5.80. The minimum Gasteiger partial charge on any atom is -0.507 e. The van der Waals surface area contributed by atoms with Crippen molar-refractivity contribution in [2.24, 2.45) is 0 Å². The number of ketones is 1. The lowest BCUT2D eigenvalue weighted by Gasteiger charge is -2.24. The van der Waals surface area contributed by atoms with Crippen molar-refractivity contribution in [1.82, 2.24) is 0 Å². The van der Waals surface area contributed by atoms with Gasteiger partial charge in [-0.2, -0.15) is 0 Å². The monoisotopic (exact) mass is 422 g/mol. The number of aliphatic hydroxyl groups is 4. The van der Waals surface area contributed by atoms with E-state index >= 15 is 0 Å². The first-order valence-electron chi connectivity index (χ1n) is 9.16. The summed E-state index contributed by atoms with van der Waals surface area (Å²) in [5, 5.41) is 39.2. The molecule has 0 spiro atoms. The molecule has 156 valence electrons. The Hall–Kier alpha value is -2.39. The van der Waals surface area contributed by atoms with Crippen LogP contribution in [0.4, 0.5) is 8.78 Å².